The van der Waals surface area contributed by atoms with Gasteiger partial charge in [0.25, 0.3) is 0 Å². The lowest BCUT2D eigenvalue weighted by molar-refractivity contribution is -0.131. The third-order valence-electron chi connectivity index (χ3n) is 2.26. The normalized spacial score (nSPS) is 13.1. The lowest BCUT2D eigenvalue weighted by atomic mass is 9.98. The Morgan fingerprint density at radius 2 is 2.07 bits per heavy atom. The van der Waals surface area contributed by atoms with E-state index in [0.29, 0.717) is 18.1 Å². The zero-order chi connectivity index (χ0) is 12.0. The van der Waals surface area contributed by atoms with E-state index in [1.807, 2.05) is 11.9 Å². The minimum absolute atomic E-state index is 0.179. The molecule has 0 heterocycles. The highest BCUT2D eigenvalue weighted by Crippen LogP contribution is 2.13. The largest absolute Gasteiger partial charge is 0.478 e. The molecule has 0 spiro atoms. The van der Waals surface area contributed by atoms with Gasteiger partial charge >= 0.3 is 5.97 Å². The van der Waals surface area contributed by atoms with Crippen molar-refractivity contribution in [2.75, 3.05) is 7.05 Å². The number of carboxylic acid groups (broad SMARTS) is 1. The predicted molar refractivity (Wildman–Crippen MR) is 61.2 cm³/mol. The standard InChI is InChI=1S/C11H20N2O2/c1-8(2)10(7-9(3)12)13(4)6-5-11(14)15/h5-6,8,10,12H,7H2,1-4H3,(H,14,15)/b6-5+,12-9?. The summed E-state index contributed by atoms with van der Waals surface area (Å²) in [5.41, 5.74) is 0.615. The molecule has 86 valence electrons. The van der Waals surface area contributed by atoms with E-state index in [-0.39, 0.29) is 6.04 Å². The maximum absolute atomic E-state index is 10.4. The summed E-state index contributed by atoms with van der Waals surface area (Å²) < 4.78 is 0. The van der Waals surface area contributed by atoms with Crippen LogP contribution in [0.2, 0.25) is 0 Å². The number of carboxylic acids is 1. The number of carbonyl (C=O) groups is 1. The van der Waals surface area contributed by atoms with Gasteiger partial charge in [0, 0.05) is 37.5 Å². The van der Waals surface area contributed by atoms with Crippen LogP contribution in [0, 0.1) is 11.3 Å². The molecule has 0 aliphatic carbocycles. The van der Waals surface area contributed by atoms with Crippen molar-refractivity contribution < 1.29 is 9.90 Å². The van der Waals surface area contributed by atoms with Crippen LogP contribution in [0.5, 0.6) is 0 Å². The highest BCUT2D eigenvalue weighted by atomic mass is 16.4. The minimum Gasteiger partial charge on any atom is -0.478 e. The van der Waals surface area contributed by atoms with E-state index in [2.05, 4.69) is 13.8 Å². The molecule has 0 saturated carbocycles. The van der Waals surface area contributed by atoms with Gasteiger partial charge in [0.1, 0.15) is 0 Å². The summed E-state index contributed by atoms with van der Waals surface area (Å²) >= 11 is 0. The Kier molecular flexibility index (Phi) is 5.67. The summed E-state index contributed by atoms with van der Waals surface area (Å²) in [6.07, 6.45) is 3.34. The van der Waals surface area contributed by atoms with Crippen LogP contribution in [0.3, 0.4) is 0 Å². The average Bonchev–Trinajstić information content (AvgIpc) is 2.09. The first-order valence-electron chi connectivity index (χ1n) is 5.01. The quantitative estimate of drug-likeness (QED) is 0.522. The van der Waals surface area contributed by atoms with Crippen molar-refractivity contribution in [2.24, 2.45) is 5.92 Å². The topological polar surface area (TPSA) is 64.4 Å². The number of nitrogens with zero attached hydrogens (tertiary/aromatic N) is 1. The average molecular weight is 212 g/mol. The number of hydrogen-bond acceptors (Lipinski definition) is 3. The van der Waals surface area contributed by atoms with Crippen molar-refractivity contribution >= 4 is 11.7 Å². The van der Waals surface area contributed by atoms with Crippen LogP contribution in [0.15, 0.2) is 12.3 Å². The van der Waals surface area contributed by atoms with Crippen molar-refractivity contribution in [2.45, 2.75) is 33.2 Å². The van der Waals surface area contributed by atoms with Gasteiger partial charge < -0.3 is 15.4 Å². The summed E-state index contributed by atoms with van der Waals surface area (Å²) in [5.74, 6) is -0.565. The van der Waals surface area contributed by atoms with Gasteiger partial charge in [-0.15, -0.1) is 0 Å². The van der Waals surface area contributed by atoms with Gasteiger partial charge in [0.15, 0.2) is 0 Å². The zero-order valence-electron chi connectivity index (χ0n) is 9.82. The summed E-state index contributed by atoms with van der Waals surface area (Å²) in [6.45, 7) is 5.90. The van der Waals surface area contributed by atoms with Crippen LogP contribution in [0.25, 0.3) is 0 Å². The van der Waals surface area contributed by atoms with Crippen LogP contribution in [0.1, 0.15) is 27.2 Å². The second-order valence-electron chi connectivity index (χ2n) is 4.12. The highest BCUT2D eigenvalue weighted by Gasteiger charge is 2.16. The van der Waals surface area contributed by atoms with E-state index in [0.717, 1.165) is 6.08 Å². The van der Waals surface area contributed by atoms with Crippen LogP contribution < -0.4 is 0 Å². The van der Waals surface area contributed by atoms with Crippen molar-refractivity contribution in [1.82, 2.24) is 4.90 Å². The molecule has 0 amide bonds. The number of hydrogen-bond donors (Lipinski definition) is 2. The lowest BCUT2D eigenvalue weighted by Crippen LogP contribution is -2.33. The Hall–Kier alpha value is -1.32. The van der Waals surface area contributed by atoms with Crippen molar-refractivity contribution in [3.8, 4) is 0 Å². The van der Waals surface area contributed by atoms with E-state index in [1.54, 1.807) is 13.1 Å². The van der Waals surface area contributed by atoms with Crippen molar-refractivity contribution in [3.05, 3.63) is 12.3 Å². The van der Waals surface area contributed by atoms with Gasteiger partial charge in [-0.05, 0) is 12.8 Å². The Bertz CT molecular complexity index is 259. The molecule has 0 aromatic rings. The summed E-state index contributed by atoms with van der Waals surface area (Å²) in [6, 6.07) is 0.179. The molecule has 0 aliphatic rings. The van der Waals surface area contributed by atoms with E-state index in [9.17, 15) is 4.79 Å². The molecule has 4 heteroatoms. The molecular formula is C11H20N2O2. The van der Waals surface area contributed by atoms with E-state index in [1.165, 1.54) is 0 Å². The summed E-state index contributed by atoms with van der Waals surface area (Å²) in [5, 5.41) is 16.0. The van der Waals surface area contributed by atoms with Crippen LogP contribution in [-0.2, 0) is 4.79 Å². The second-order valence-corrected chi connectivity index (χ2v) is 4.12. The monoisotopic (exact) mass is 212 g/mol. The maximum Gasteiger partial charge on any atom is 0.329 e. The Balaban J connectivity index is 4.48. The summed E-state index contributed by atoms with van der Waals surface area (Å²) in [4.78, 5) is 12.2. The van der Waals surface area contributed by atoms with Crippen LogP contribution in [-0.4, -0.2) is 34.8 Å². The molecule has 4 nitrogen and oxygen atoms in total. The molecule has 0 aromatic heterocycles. The lowest BCUT2D eigenvalue weighted by Gasteiger charge is -2.29. The van der Waals surface area contributed by atoms with Crippen molar-refractivity contribution in [1.29, 1.82) is 5.41 Å². The smallest absolute Gasteiger partial charge is 0.329 e. The Morgan fingerprint density at radius 3 is 2.40 bits per heavy atom. The molecule has 1 atom stereocenters. The van der Waals surface area contributed by atoms with Gasteiger partial charge in [0.2, 0.25) is 0 Å². The predicted octanol–water partition coefficient (Wildman–Crippen LogP) is 1.97. The van der Waals surface area contributed by atoms with Gasteiger partial charge in [-0.2, -0.15) is 0 Å². The molecular weight excluding hydrogens is 192 g/mol. The fourth-order valence-corrected chi connectivity index (χ4v) is 1.46. The Labute approximate surface area is 91.1 Å². The molecule has 0 aliphatic heterocycles. The highest BCUT2D eigenvalue weighted by molar-refractivity contribution is 5.80. The molecule has 0 bridgehead atoms. The zero-order valence-corrected chi connectivity index (χ0v) is 9.82. The van der Waals surface area contributed by atoms with Gasteiger partial charge in [-0.25, -0.2) is 4.79 Å². The first-order chi connectivity index (χ1) is 6.84. The number of rotatable bonds is 6. The number of aliphatic carboxylic acids is 1. The van der Waals surface area contributed by atoms with E-state index >= 15 is 0 Å². The van der Waals surface area contributed by atoms with Crippen LogP contribution in [0.4, 0.5) is 0 Å². The third-order valence-corrected chi connectivity index (χ3v) is 2.26. The molecule has 0 aromatic carbocycles. The minimum atomic E-state index is -0.948. The molecule has 1 unspecified atom stereocenters. The first-order valence-corrected chi connectivity index (χ1v) is 5.01. The maximum atomic E-state index is 10.4. The molecule has 0 rings (SSSR count). The molecule has 0 fully saturated rings. The van der Waals surface area contributed by atoms with Gasteiger partial charge in [-0.1, -0.05) is 13.8 Å². The van der Waals surface area contributed by atoms with Gasteiger partial charge in [0.05, 0.1) is 0 Å². The number of nitrogens with one attached hydrogen (secondary N) is 1. The van der Waals surface area contributed by atoms with Crippen molar-refractivity contribution in [3.63, 3.8) is 0 Å². The SMILES string of the molecule is CC(=N)CC(C(C)C)N(C)/C=C/C(=O)O. The first kappa shape index (κ1) is 13.7. The van der Waals surface area contributed by atoms with Crippen LogP contribution >= 0.6 is 0 Å². The van der Waals surface area contributed by atoms with E-state index in [4.69, 9.17) is 10.5 Å². The summed E-state index contributed by atoms with van der Waals surface area (Å²) in [7, 11) is 1.84. The Morgan fingerprint density at radius 1 is 1.53 bits per heavy atom. The molecule has 15 heavy (non-hydrogen) atoms. The van der Waals surface area contributed by atoms with Gasteiger partial charge in [-0.3, -0.25) is 0 Å². The molecule has 0 saturated heterocycles. The molecule has 0 radical (unpaired) electrons. The third kappa shape index (κ3) is 5.88. The fourth-order valence-electron chi connectivity index (χ4n) is 1.46. The van der Waals surface area contributed by atoms with E-state index < -0.39 is 5.97 Å². The molecule has 2 N–H and O–H groups in total. The fraction of sp³-hybridized carbons (Fsp3) is 0.636. The second kappa shape index (κ2) is 6.22.